The fourth-order valence-corrected chi connectivity index (χ4v) is 3.00. The Morgan fingerprint density at radius 3 is 2.78 bits per heavy atom. The van der Waals surface area contributed by atoms with Gasteiger partial charge in [0.1, 0.15) is 16.8 Å². The van der Waals surface area contributed by atoms with Gasteiger partial charge in [-0.1, -0.05) is 43.2 Å². The molecule has 0 aliphatic heterocycles. The summed E-state index contributed by atoms with van der Waals surface area (Å²) in [7, 11) is 0. The van der Waals surface area contributed by atoms with E-state index in [4.69, 9.17) is 34.3 Å². The SMILES string of the molecule is CC1CCCCC1Oc1cccc(Cl)c1C(N)=S. The summed E-state index contributed by atoms with van der Waals surface area (Å²) in [5, 5.41) is 0.559. The van der Waals surface area contributed by atoms with Crippen LogP contribution < -0.4 is 10.5 Å². The predicted octanol–water partition coefficient (Wildman–Crippen LogP) is 3.93. The molecule has 1 aliphatic carbocycles. The molecule has 2 atom stereocenters. The number of rotatable bonds is 3. The highest BCUT2D eigenvalue weighted by molar-refractivity contribution is 7.80. The van der Waals surface area contributed by atoms with Crippen molar-refractivity contribution in [1.82, 2.24) is 0 Å². The van der Waals surface area contributed by atoms with Crippen LogP contribution >= 0.6 is 23.8 Å². The molecule has 0 spiro atoms. The zero-order valence-corrected chi connectivity index (χ0v) is 12.1. The summed E-state index contributed by atoms with van der Waals surface area (Å²) < 4.78 is 6.09. The van der Waals surface area contributed by atoms with Crippen LogP contribution in [0.3, 0.4) is 0 Å². The molecule has 1 saturated carbocycles. The first-order valence-corrected chi connectivity index (χ1v) is 7.13. The van der Waals surface area contributed by atoms with Crippen molar-refractivity contribution >= 4 is 28.8 Å². The Morgan fingerprint density at radius 2 is 2.11 bits per heavy atom. The Morgan fingerprint density at radius 1 is 1.39 bits per heavy atom. The number of thiocarbonyl (C=S) groups is 1. The summed E-state index contributed by atoms with van der Waals surface area (Å²) in [4.78, 5) is 0.291. The van der Waals surface area contributed by atoms with Crippen LogP contribution in [0, 0.1) is 5.92 Å². The molecule has 0 heterocycles. The Balaban J connectivity index is 2.23. The van der Waals surface area contributed by atoms with E-state index in [2.05, 4.69) is 6.92 Å². The minimum absolute atomic E-state index is 0.241. The maximum absolute atomic E-state index is 6.13. The van der Waals surface area contributed by atoms with Crippen LogP contribution in [0.1, 0.15) is 38.2 Å². The molecule has 1 fully saturated rings. The molecule has 1 aromatic rings. The van der Waals surface area contributed by atoms with Crippen LogP contribution in [0.4, 0.5) is 0 Å². The van der Waals surface area contributed by atoms with Gasteiger partial charge < -0.3 is 10.5 Å². The third kappa shape index (κ3) is 2.96. The van der Waals surface area contributed by atoms with E-state index in [0.29, 0.717) is 27.2 Å². The number of ether oxygens (including phenoxy) is 1. The van der Waals surface area contributed by atoms with Crippen LogP contribution in [0.5, 0.6) is 5.75 Å². The lowest BCUT2D eigenvalue weighted by Gasteiger charge is -2.30. The van der Waals surface area contributed by atoms with E-state index in [1.165, 1.54) is 19.3 Å². The smallest absolute Gasteiger partial charge is 0.131 e. The largest absolute Gasteiger partial charge is 0.489 e. The molecular formula is C14H18ClNOS. The summed E-state index contributed by atoms with van der Waals surface area (Å²) in [5.74, 6) is 1.28. The zero-order valence-electron chi connectivity index (χ0n) is 10.5. The van der Waals surface area contributed by atoms with E-state index in [0.717, 1.165) is 6.42 Å². The quantitative estimate of drug-likeness (QED) is 0.854. The monoisotopic (exact) mass is 283 g/mol. The molecular weight excluding hydrogens is 266 g/mol. The third-order valence-electron chi connectivity index (χ3n) is 3.53. The maximum Gasteiger partial charge on any atom is 0.131 e. The molecule has 1 aliphatic rings. The lowest BCUT2D eigenvalue weighted by Crippen LogP contribution is -2.29. The van der Waals surface area contributed by atoms with Gasteiger partial charge in [0, 0.05) is 0 Å². The molecule has 2 N–H and O–H groups in total. The molecule has 0 bridgehead atoms. The minimum Gasteiger partial charge on any atom is -0.489 e. The van der Waals surface area contributed by atoms with Gasteiger partial charge in [-0.2, -0.15) is 0 Å². The van der Waals surface area contributed by atoms with Gasteiger partial charge in [-0.05, 0) is 37.3 Å². The van der Waals surface area contributed by atoms with Crippen LogP contribution in [-0.2, 0) is 0 Å². The van der Waals surface area contributed by atoms with E-state index < -0.39 is 0 Å². The van der Waals surface area contributed by atoms with E-state index in [9.17, 15) is 0 Å². The summed E-state index contributed by atoms with van der Waals surface area (Å²) in [6, 6.07) is 5.54. The molecule has 18 heavy (non-hydrogen) atoms. The molecule has 0 amide bonds. The summed E-state index contributed by atoms with van der Waals surface area (Å²) in [6.07, 6.45) is 5.06. The number of hydrogen-bond donors (Lipinski definition) is 1. The van der Waals surface area contributed by atoms with E-state index >= 15 is 0 Å². The Labute approximate surface area is 118 Å². The highest BCUT2D eigenvalue weighted by Crippen LogP contribution is 2.32. The van der Waals surface area contributed by atoms with Crippen LogP contribution in [0.25, 0.3) is 0 Å². The normalized spacial score (nSPS) is 23.7. The first kappa shape index (κ1) is 13.6. The Bertz CT molecular complexity index is 449. The van der Waals surface area contributed by atoms with Crippen molar-refractivity contribution in [2.24, 2.45) is 11.7 Å². The topological polar surface area (TPSA) is 35.2 Å². The van der Waals surface area contributed by atoms with Gasteiger partial charge in [0.15, 0.2) is 0 Å². The Hall–Kier alpha value is -0.800. The van der Waals surface area contributed by atoms with Crippen molar-refractivity contribution in [3.8, 4) is 5.75 Å². The standard InChI is InChI=1S/C14H18ClNOS/c1-9-5-2-3-7-11(9)17-12-8-4-6-10(15)13(12)14(16)18/h4,6,8-9,11H,2-3,5,7H2,1H3,(H2,16,18). The molecule has 0 radical (unpaired) electrons. The van der Waals surface area contributed by atoms with Crippen molar-refractivity contribution in [2.75, 3.05) is 0 Å². The second kappa shape index (κ2) is 5.89. The van der Waals surface area contributed by atoms with Crippen LogP contribution in [0.2, 0.25) is 5.02 Å². The highest BCUT2D eigenvalue weighted by Gasteiger charge is 2.24. The average molecular weight is 284 g/mol. The van der Waals surface area contributed by atoms with Crippen molar-refractivity contribution in [3.05, 3.63) is 28.8 Å². The molecule has 0 saturated heterocycles. The van der Waals surface area contributed by atoms with E-state index in [1.54, 1.807) is 6.07 Å². The molecule has 4 heteroatoms. The van der Waals surface area contributed by atoms with Crippen molar-refractivity contribution in [1.29, 1.82) is 0 Å². The molecule has 2 rings (SSSR count). The van der Waals surface area contributed by atoms with Crippen LogP contribution in [-0.4, -0.2) is 11.1 Å². The number of nitrogens with two attached hydrogens (primary N) is 1. The second-order valence-corrected chi connectivity index (χ2v) is 5.74. The first-order valence-electron chi connectivity index (χ1n) is 6.34. The predicted molar refractivity (Wildman–Crippen MR) is 79.4 cm³/mol. The van der Waals surface area contributed by atoms with E-state index in [-0.39, 0.29) is 6.10 Å². The van der Waals surface area contributed by atoms with Gasteiger partial charge in [0.05, 0.1) is 10.6 Å². The minimum atomic E-state index is 0.241. The lowest BCUT2D eigenvalue weighted by molar-refractivity contribution is 0.102. The maximum atomic E-state index is 6.13. The van der Waals surface area contributed by atoms with Gasteiger partial charge in [-0.3, -0.25) is 0 Å². The zero-order chi connectivity index (χ0) is 13.1. The molecule has 0 aromatic heterocycles. The number of hydrogen-bond acceptors (Lipinski definition) is 2. The first-order chi connectivity index (χ1) is 8.59. The molecule has 98 valence electrons. The fourth-order valence-electron chi connectivity index (χ4n) is 2.46. The fraction of sp³-hybridized carbons (Fsp3) is 0.500. The van der Waals surface area contributed by atoms with Crippen molar-refractivity contribution in [2.45, 2.75) is 38.7 Å². The molecule has 2 nitrogen and oxygen atoms in total. The highest BCUT2D eigenvalue weighted by atomic mass is 35.5. The van der Waals surface area contributed by atoms with Gasteiger partial charge in [-0.25, -0.2) is 0 Å². The third-order valence-corrected chi connectivity index (χ3v) is 4.05. The summed E-state index contributed by atoms with van der Waals surface area (Å²) in [5.41, 5.74) is 6.38. The Kier molecular flexibility index (Phi) is 4.46. The second-order valence-electron chi connectivity index (χ2n) is 4.90. The van der Waals surface area contributed by atoms with Crippen molar-refractivity contribution < 1.29 is 4.74 Å². The van der Waals surface area contributed by atoms with Gasteiger partial charge in [0.2, 0.25) is 0 Å². The molecule has 1 aromatic carbocycles. The molecule has 2 unspecified atom stereocenters. The summed E-state index contributed by atoms with van der Waals surface area (Å²) >= 11 is 11.2. The van der Waals surface area contributed by atoms with Crippen LogP contribution in [0.15, 0.2) is 18.2 Å². The lowest BCUT2D eigenvalue weighted by atomic mass is 9.88. The number of benzene rings is 1. The number of halogens is 1. The summed E-state index contributed by atoms with van der Waals surface area (Å²) in [6.45, 7) is 2.23. The van der Waals surface area contributed by atoms with E-state index in [1.807, 2.05) is 12.1 Å². The van der Waals surface area contributed by atoms with Gasteiger partial charge in [-0.15, -0.1) is 0 Å². The van der Waals surface area contributed by atoms with Crippen molar-refractivity contribution in [3.63, 3.8) is 0 Å². The van der Waals surface area contributed by atoms with Gasteiger partial charge in [0.25, 0.3) is 0 Å². The van der Waals surface area contributed by atoms with Gasteiger partial charge >= 0.3 is 0 Å². The average Bonchev–Trinajstić information content (AvgIpc) is 2.31.